The van der Waals surface area contributed by atoms with Crippen LogP contribution in [-0.2, 0) is 0 Å². The fourth-order valence-electron chi connectivity index (χ4n) is 1.07. The molecule has 0 N–H and O–H groups in total. The Bertz CT molecular complexity index is 271. The first-order chi connectivity index (χ1) is 5.65. The standard InChI is InChI=1S/C9H14N2O/c1-6(2)8-5-7(3)10-11-9(8)12-4/h5-6H,1-4H3. The van der Waals surface area contributed by atoms with E-state index in [9.17, 15) is 0 Å². The van der Waals surface area contributed by atoms with E-state index in [-0.39, 0.29) is 0 Å². The molecule has 0 aliphatic rings. The fraction of sp³-hybridized carbons (Fsp3) is 0.556. The zero-order valence-corrected chi connectivity index (χ0v) is 7.96. The van der Waals surface area contributed by atoms with Gasteiger partial charge < -0.3 is 4.74 Å². The molecule has 0 bridgehead atoms. The quantitative estimate of drug-likeness (QED) is 0.673. The largest absolute Gasteiger partial charge is 0.480 e. The Morgan fingerprint density at radius 3 is 2.50 bits per heavy atom. The summed E-state index contributed by atoms with van der Waals surface area (Å²) in [5.74, 6) is 1.06. The molecule has 0 saturated carbocycles. The molecule has 0 unspecified atom stereocenters. The number of nitrogens with zero attached hydrogens (tertiary/aromatic N) is 2. The number of ether oxygens (including phenoxy) is 1. The van der Waals surface area contributed by atoms with Crippen LogP contribution in [0.5, 0.6) is 5.88 Å². The van der Waals surface area contributed by atoms with Crippen molar-refractivity contribution in [1.29, 1.82) is 0 Å². The topological polar surface area (TPSA) is 35.0 Å². The number of rotatable bonds is 2. The molecular formula is C9H14N2O. The zero-order valence-electron chi connectivity index (χ0n) is 7.96. The molecule has 1 heterocycles. The van der Waals surface area contributed by atoms with Crippen LogP contribution in [0.3, 0.4) is 0 Å². The summed E-state index contributed by atoms with van der Waals surface area (Å²) in [6.45, 7) is 6.15. The van der Waals surface area contributed by atoms with Gasteiger partial charge >= 0.3 is 0 Å². The van der Waals surface area contributed by atoms with E-state index in [1.807, 2.05) is 13.0 Å². The van der Waals surface area contributed by atoms with Crippen molar-refractivity contribution in [2.75, 3.05) is 7.11 Å². The van der Waals surface area contributed by atoms with Gasteiger partial charge in [-0.3, -0.25) is 0 Å². The van der Waals surface area contributed by atoms with Gasteiger partial charge in [-0.1, -0.05) is 13.8 Å². The molecule has 1 rings (SSSR count). The van der Waals surface area contributed by atoms with E-state index >= 15 is 0 Å². The Labute approximate surface area is 72.8 Å². The van der Waals surface area contributed by atoms with Gasteiger partial charge in [0.1, 0.15) is 0 Å². The molecule has 0 radical (unpaired) electrons. The second kappa shape index (κ2) is 3.52. The van der Waals surface area contributed by atoms with Gasteiger partial charge in [0, 0.05) is 5.56 Å². The number of methoxy groups -OCH3 is 1. The summed E-state index contributed by atoms with van der Waals surface area (Å²) in [6, 6.07) is 2.01. The van der Waals surface area contributed by atoms with Gasteiger partial charge in [0.2, 0.25) is 5.88 Å². The van der Waals surface area contributed by atoms with E-state index in [1.54, 1.807) is 7.11 Å². The normalized spacial score (nSPS) is 10.4. The van der Waals surface area contributed by atoms with Crippen LogP contribution in [0, 0.1) is 6.92 Å². The summed E-state index contributed by atoms with van der Waals surface area (Å²) in [5, 5.41) is 7.86. The highest BCUT2D eigenvalue weighted by Gasteiger charge is 2.08. The molecule has 0 saturated heterocycles. The molecular weight excluding hydrogens is 152 g/mol. The molecule has 0 fully saturated rings. The lowest BCUT2D eigenvalue weighted by Crippen LogP contribution is -2.00. The zero-order chi connectivity index (χ0) is 9.14. The first kappa shape index (κ1) is 8.97. The molecule has 3 heteroatoms. The lowest BCUT2D eigenvalue weighted by Gasteiger charge is -2.09. The van der Waals surface area contributed by atoms with Crippen LogP contribution in [-0.4, -0.2) is 17.3 Å². The van der Waals surface area contributed by atoms with Crippen molar-refractivity contribution in [2.45, 2.75) is 26.7 Å². The van der Waals surface area contributed by atoms with Crippen LogP contribution in [0.4, 0.5) is 0 Å². The molecule has 0 spiro atoms. The Morgan fingerprint density at radius 2 is 2.00 bits per heavy atom. The lowest BCUT2D eigenvalue weighted by atomic mass is 10.1. The third-order valence-electron chi connectivity index (χ3n) is 1.73. The first-order valence-corrected chi connectivity index (χ1v) is 4.03. The average Bonchev–Trinajstić information content (AvgIpc) is 2.04. The van der Waals surface area contributed by atoms with Crippen molar-refractivity contribution in [1.82, 2.24) is 10.2 Å². The van der Waals surface area contributed by atoms with Crippen LogP contribution in [0.15, 0.2) is 6.07 Å². The summed E-state index contributed by atoms with van der Waals surface area (Å²) in [4.78, 5) is 0. The van der Waals surface area contributed by atoms with Crippen LogP contribution in [0.1, 0.15) is 31.0 Å². The predicted molar refractivity (Wildman–Crippen MR) is 47.4 cm³/mol. The molecule has 66 valence electrons. The van der Waals surface area contributed by atoms with E-state index in [0.717, 1.165) is 11.3 Å². The summed E-state index contributed by atoms with van der Waals surface area (Å²) in [5.41, 5.74) is 2.05. The number of hydrogen-bond donors (Lipinski definition) is 0. The Morgan fingerprint density at radius 1 is 1.33 bits per heavy atom. The second-order valence-electron chi connectivity index (χ2n) is 3.11. The highest BCUT2D eigenvalue weighted by atomic mass is 16.5. The van der Waals surface area contributed by atoms with Gasteiger partial charge in [0.25, 0.3) is 0 Å². The van der Waals surface area contributed by atoms with Crippen molar-refractivity contribution in [3.05, 3.63) is 17.3 Å². The van der Waals surface area contributed by atoms with Crippen LogP contribution in [0.2, 0.25) is 0 Å². The third-order valence-corrected chi connectivity index (χ3v) is 1.73. The van der Waals surface area contributed by atoms with E-state index in [2.05, 4.69) is 24.0 Å². The van der Waals surface area contributed by atoms with Gasteiger partial charge in [-0.25, -0.2) is 0 Å². The molecule has 0 amide bonds. The van der Waals surface area contributed by atoms with Crippen molar-refractivity contribution >= 4 is 0 Å². The monoisotopic (exact) mass is 166 g/mol. The van der Waals surface area contributed by atoms with E-state index in [4.69, 9.17) is 4.74 Å². The van der Waals surface area contributed by atoms with E-state index in [1.165, 1.54) is 0 Å². The second-order valence-corrected chi connectivity index (χ2v) is 3.11. The molecule has 0 atom stereocenters. The maximum Gasteiger partial charge on any atom is 0.236 e. The minimum atomic E-state index is 0.425. The SMILES string of the molecule is COc1nnc(C)cc1C(C)C. The molecule has 0 aliphatic carbocycles. The van der Waals surface area contributed by atoms with E-state index in [0.29, 0.717) is 11.8 Å². The molecule has 1 aromatic heterocycles. The molecule has 0 aliphatic heterocycles. The molecule has 3 nitrogen and oxygen atoms in total. The third kappa shape index (κ3) is 1.72. The molecule has 12 heavy (non-hydrogen) atoms. The first-order valence-electron chi connectivity index (χ1n) is 4.03. The van der Waals surface area contributed by atoms with Crippen LogP contribution in [0.25, 0.3) is 0 Å². The summed E-state index contributed by atoms with van der Waals surface area (Å²) < 4.78 is 5.09. The minimum absolute atomic E-state index is 0.425. The number of hydrogen-bond acceptors (Lipinski definition) is 3. The minimum Gasteiger partial charge on any atom is -0.480 e. The van der Waals surface area contributed by atoms with Crippen molar-refractivity contribution in [2.24, 2.45) is 0 Å². The molecule has 0 aromatic carbocycles. The van der Waals surface area contributed by atoms with Gasteiger partial charge in [-0.15, -0.1) is 5.10 Å². The average molecular weight is 166 g/mol. The van der Waals surface area contributed by atoms with Crippen LogP contribution < -0.4 is 4.74 Å². The highest BCUT2D eigenvalue weighted by Crippen LogP contribution is 2.23. The number of aryl methyl sites for hydroxylation is 1. The maximum atomic E-state index is 5.09. The van der Waals surface area contributed by atoms with Gasteiger partial charge in [-0.2, -0.15) is 5.10 Å². The van der Waals surface area contributed by atoms with Crippen LogP contribution >= 0.6 is 0 Å². The smallest absolute Gasteiger partial charge is 0.236 e. The summed E-state index contributed by atoms with van der Waals surface area (Å²) >= 11 is 0. The van der Waals surface area contributed by atoms with Crippen molar-refractivity contribution < 1.29 is 4.74 Å². The van der Waals surface area contributed by atoms with Gasteiger partial charge in [0.05, 0.1) is 12.8 Å². The van der Waals surface area contributed by atoms with E-state index < -0.39 is 0 Å². The van der Waals surface area contributed by atoms with Crippen molar-refractivity contribution in [3.8, 4) is 5.88 Å². The lowest BCUT2D eigenvalue weighted by molar-refractivity contribution is 0.383. The predicted octanol–water partition coefficient (Wildman–Crippen LogP) is 1.92. The summed E-state index contributed by atoms with van der Waals surface area (Å²) in [7, 11) is 1.62. The Hall–Kier alpha value is -1.12. The number of aromatic nitrogens is 2. The fourth-order valence-corrected chi connectivity index (χ4v) is 1.07. The summed E-state index contributed by atoms with van der Waals surface area (Å²) in [6.07, 6.45) is 0. The maximum absolute atomic E-state index is 5.09. The van der Waals surface area contributed by atoms with Gasteiger partial charge in [0.15, 0.2) is 0 Å². The Kier molecular flexibility index (Phi) is 2.63. The molecule has 1 aromatic rings. The highest BCUT2D eigenvalue weighted by molar-refractivity contribution is 5.28. The Balaban J connectivity index is 3.12. The van der Waals surface area contributed by atoms with Crippen molar-refractivity contribution in [3.63, 3.8) is 0 Å². The van der Waals surface area contributed by atoms with Gasteiger partial charge in [-0.05, 0) is 18.9 Å².